The Hall–Kier alpha value is -3.68. The Kier molecular flexibility index (Phi) is 8.58. The van der Waals surface area contributed by atoms with E-state index in [-0.39, 0.29) is 11.6 Å². The second kappa shape index (κ2) is 12.0. The Morgan fingerprint density at radius 3 is 2.16 bits per heavy atom. The normalized spacial score (nSPS) is 11.6. The summed E-state index contributed by atoms with van der Waals surface area (Å²) in [6.45, 7) is 1.35. The standard InChI is InChI=1S/C29H28F4N2O2/c1-2-15-36-25-17-34-27(35-18-25)14-7-21-6-13-26-23(16-21)10-9-22(28(26)30)8-3-20-4-11-24(12-5-20)37-19-29(31,32)33/h4-6,9-13,16-18H,2-3,7-8,14-15,19H2,1H3. The maximum atomic E-state index is 15.2. The van der Waals surface area contributed by atoms with E-state index in [4.69, 9.17) is 9.47 Å². The summed E-state index contributed by atoms with van der Waals surface area (Å²) < 4.78 is 62.3. The van der Waals surface area contributed by atoms with Crippen LogP contribution in [0.25, 0.3) is 10.8 Å². The highest BCUT2D eigenvalue weighted by molar-refractivity contribution is 5.84. The number of hydrogen-bond acceptors (Lipinski definition) is 4. The van der Waals surface area contributed by atoms with E-state index < -0.39 is 12.8 Å². The molecular formula is C29H28F4N2O2. The molecule has 0 radical (unpaired) electrons. The van der Waals surface area contributed by atoms with Crippen LogP contribution in [0.4, 0.5) is 17.6 Å². The minimum Gasteiger partial charge on any atom is -0.490 e. The molecule has 0 aliphatic carbocycles. The topological polar surface area (TPSA) is 44.2 Å². The molecule has 0 N–H and O–H groups in total. The molecule has 0 unspecified atom stereocenters. The molecule has 37 heavy (non-hydrogen) atoms. The highest BCUT2D eigenvalue weighted by Gasteiger charge is 2.28. The van der Waals surface area contributed by atoms with Gasteiger partial charge in [0.05, 0.1) is 19.0 Å². The van der Waals surface area contributed by atoms with Crippen molar-refractivity contribution in [2.75, 3.05) is 13.2 Å². The summed E-state index contributed by atoms with van der Waals surface area (Å²) in [5.41, 5.74) is 2.56. The summed E-state index contributed by atoms with van der Waals surface area (Å²) in [4.78, 5) is 8.71. The molecule has 4 aromatic rings. The summed E-state index contributed by atoms with van der Waals surface area (Å²) in [7, 11) is 0. The van der Waals surface area contributed by atoms with Gasteiger partial charge in [-0.2, -0.15) is 13.2 Å². The van der Waals surface area contributed by atoms with Crippen LogP contribution in [-0.2, 0) is 25.7 Å². The number of fused-ring (bicyclic) bond motifs is 1. The highest BCUT2D eigenvalue weighted by atomic mass is 19.4. The first-order valence-corrected chi connectivity index (χ1v) is 12.2. The average Bonchev–Trinajstić information content (AvgIpc) is 2.90. The van der Waals surface area contributed by atoms with Crippen LogP contribution in [0.15, 0.2) is 67.0 Å². The van der Waals surface area contributed by atoms with E-state index in [1.165, 1.54) is 12.1 Å². The van der Waals surface area contributed by atoms with Crippen molar-refractivity contribution in [3.05, 3.63) is 95.3 Å². The number of halogens is 4. The molecule has 0 amide bonds. The van der Waals surface area contributed by atoms with Crippen LogP contribution >= 0.6 is 0 Å². The van der Waals surface area contributed by atoms with Crippen LogP contribution in [0.3, 0.4) is 0 Å². The van der Waals surface area contributed by atoms with Crippen molar-refractivity contribution in [1.29, 1.82) is 0 Å². The monoisotopic (exact) mass is 512 g/mol. The molecule has 4 nitrogen and oxygen atoms in total. The maximum absolute atomic E-state index is 15.2. The lowest BCUT2D eigenvalue weighted by Crippen LogP contribution is -2.19. The fourth-order valence-electron chi connectivity index (χ4n) is 3.95. The Morgan fingerprint density at radius 1 is 0.757 bits per heavy atom. The predicted molar refractivity (Wildman–Crippen MR) is 135 cm³/mol. The van der Waals surface area contributed by atoms with Gasteiger partial charge in [-0.05, 0) is 59.9 Å². The molecule has 0 saturated carbocycles. The number of nitrogens with zero attached hydrogens (tertiary/aromatic N) is 2. The summed E-state index contributed by atoms with van der Waals surface area (Å²) in [6, 6.07) is 15.8. The van der Waals surface area contributed by atoms with Gasteiger partial charge < -0.3 is 9.47 Å². The summed E-state index contributed by atoms with van der Waals surface area (Å²) in [6.07, 6.45) is 2.35. The number of alkyl halides is 3. The van der Waals surface area contributed by atoms with Crippen LogP contribution < -0.4 is 9.47 Å². The molecular weight excluding hydrogens is 484 g/mol. The maximum Gasteiger partial charge on any atom is 0.422 e. The second-order valence-corrected chi connectivity index (χ2v) is 8.83. The van der Waals surface area contributed by atoms with E-state index in [1.807, 2.05) is 25.1 Å². The number of rotatable bonds is 11. The first-order valence-electron chi connectivity index (χ1n) is 12.2. The van der Waals surface area contributed by atoms with Gasteiger partial charge in [-0.1, -0.05) is 49.4 Å². The van der Waals surface area contributed by atoms with Crippen LogP contribution in [0, 0.1) is 5.82 Å². The fourth-order valence-corrected chi connectivity index (χ4v) is 3.95. The van der Waals surface area contributed by atoms with E-state index in [0.29, 0.717) is 42.6 Å². The summed E-state index contributed by atoms with van der Waals surface area (Å²) in [5, 5.41) is 1.39. The number of benzene rings is 3. The molecule has 0 fully saturated rings. The van der Waals surface area contributed by atoms with Crippen molar-refractivity contribution in [2.45, 2.75) is 45.2 Å². The molecule has 0 saturated heterocycles. The highest BCUT2D eigenvalue weighted by Crippen LogP contribution is 2.25. The van der Waals surface area contributed by atoms with Gasteiger partial charge in [-0.3, -0.25) is 0 Å². The summed E-state index contributed by atoms with van der Waals surface area (Å²) >= 11 is 0. The van der Waals surface area contributed by atoms with Crippen LogP contribution in [0.1, 0.15) is 35.9 Å². The Bertz CT molecular complexity index is 1310. The van der Waals surface area contributed by atoms with Crippen molar-refractivity contribution in [1.82, 2.24) is 9.97 Å². The molecule has 0 spiro atoms. The van der Waals surface area contributed by atoms with E-state index in [9.17, 15) is 13.2 Å². The van der Waals surface area contributed by atoms with Gasteiger partial charge in [-0.15, -0.1) is 0 Å². The lowest BCUT2D eigenvalue weighted by Gasteiger charge is -2.10. The van der Waals surface area contributed by atoms with Crippen molar-refractivity contribution < 1.29 is 27.0 Å². The number of aromatic nitrogens is 2. The van der Waals surface area contributed by atoms with Gasteiger partial charge in [0.2, 0.25) is 0 Å². The second-order valence-electron chi connectivity index (χ2n) is 8.83. The van der Waals surface area contributed by atoms with Gasteiger partial charge in [0.25, 0.3) is 0 Å². The lowest BCUT2D eigenvalue weighted by atomic mass is 9.98. The van der Waals surface area contributed by atoms with Crippen LogP contribution in [0.5, 0.6) is 11.5 Å². The van der Waals surface area contributed by atoms with Crippen molar-refractivity contribution in [2.24, 2.45) is 0 Å². The molecule has 8 heteroatoms. The van der Waals surface area contributed by atoms with E-state index in [2.05, 4.69) is 9.97 Å². The van der Waals surface area contributed by atoms with Gasteiger partial charge in [0.1, 0.15) is 17.4 Å². The van der Waals surface area contributed by atoms with Crippen molar-refractivity contribution in [3.63, 3.8) is 0 Å². The SMILES string of the molecule is CCCOc1cnc(CCc2ccc3c(F)c(CCc4ccc(OCC(F)(F)F)cc4)ccc3c2)nc1. The first-order chi connectivity index (χ1) is 17.8. The summed E-state index contributed by atoms with van der Waals surface area (Å²) in [5.74, 6) is 1.29. The molecule has 4 rings (SSSR count). The largest absolute Gasteiger partial charge is 0.490 e. The Labute approximate surface area is 213 Å². The molecule has 0 bridgehead atoms. The van der Waals surface area contributed by atoms with Crippen molar-refractivity contribution in [3.8, 4) is 11.5 Å². The van der Waals surface area contributed by atoms with E-state index in [0.717, 1.165) is 35.2 Å². The molecule has 0 atom stereocenters. The Morgan fingerprint density at radius 2 is 1.46 bits per heavy atom. The average molecular weight is 513 g/mol. The lowest BCUT2D eigenvalue weighted by molar-refractivity contribution is -0.153. The van der Waals surface area contributed by atoms with E-state index in [1.54, 1.807) is 36.7 Å². The quantitative estimate of drug-likeness (QED) is 0.202. The number of hydrogen-bond donors (Lipinski definition) is 0. The third-order valence-corrected chi connectivity index (χ3v) is 5.90. The zero-order valence-electron chi connectivity index (χ0n) is 20.5. The van der Waals surface area contributed by atoms with Crippen LogP contribution in [-0.4, -0.2) is 29.4 Å². The van der Waals surface area contributed by atoms with Crippen molar-refractivity contribution >= 4 is 10.8 Å². The number of ether oxygens (including phenoxy) is 2. The fraction of sp³-hybridized carbons (Fsp3) is 0.310. The number of aryl methyl sites for hydroxylation is 4. The van der Waals surface area contributed by atoms with Gasteiger partial charge in [0.15, 0.2) is 12.4 Å². The minimum absolute atomic E-state index is 0.151. The van der Waals surface area contributed by atoms with Gasteiger partial charge >= 0.3 is 6.18 Å². The Balaban J connectivity index is 1.34. The molecule has 1 heterocycles. The third-order valence-electron chi connectivity index (χ3n) is 5.90. The zero-order chi connectivity index (χ0) is 26.3. The predicted octanol–water partition coefficient (Wildman–Crippen LogP) is 7.07. The minimum atomic E-state index is -4.38. The molecule has 0 aliphatic rings. The zero-order valence-corrected chi connectivity index (χ0v) is 20.5. The van der Waals surface area contributed by atoms with E-state index >= 15 is 4.39 Å². The molecule has 0 aliphatic heterocycles. The smallest absolute Gasteiger partial charge is 0.422 e. The van der Waals surface area contributed by atoms with Crippen LogP contribution in [0.2, 0.25) is 0 Å². The first kappa shape index (κ1) is 26.4. The van der Waals surface area contributed by atoms with Gasteiger partial charge in [-0.25, -0.2) is 14.4 Å². The molecule has 1 aromatic heterocycles. The molecule has 3 aromatic carbocycles. The molecule has 194 valence electrons. The third kappa shape index (κ3) is 7.65. The van der Waals surface area contributed by atoms with Gasteiger partial charge in [0, 0.05) is 11.8 Å².